The van der Waals surface area contributed by atoms with Crippen LogP contribution in [0, 0.1) is 5.82 Å². The molecule has 1 saturated heterocycles. The number of fused-ring (bicyclic) bond motifs is 2. The average molecular weight is 449 g/mol. The molecule has 1 fully saturated rings. The first kappa shape index (κ1) is 20.4. The summed E-state index contributed by atoms with van der Waals surface area (Å²) in [6, 6.07) is 3.34. The zero-order valence-corrected chi connectivity index (χ0v) is 17.5. The normalized spacial score (nSPS) is 21.4. The van der Waals surface area contributed by atoms with Crippen LogP contribution in [-0.2, 0) is 19.2 Å². The van der Waals surface area contributed by atoms with Gasteiger partial charge in [-0.1, -0.05) is 5.16 Å². The Labute approximate surface area is 178 Å². The molecule has 0 aliphatic carbocycles. The lowest BCUT2D eigenvalue weighted by atomic mass is 10.0. The molecule has 2 aliphatic rings. The van der Waals surface area contributed by atoms with Gasteiger partial charge in [-0.3, -0.25) is 14.5 Å². The summed E-state index contributed by atoms with van der Waals surface area (Å²) in [6.07, 6.45) is 0. The van der Waals surface area contributed by atoms with E-state index < -0.39 is 35.0 Å². The number of nitrogens with one attached hydrogen (secondary N) is 1. The summed E-state index contributed by atoms with van der Waals surface area (Å²) in [7, 11) is 1.28. The maximum absolute atomic E-state index is 13.7. The van der Waals surface area contributed by atoms with Crippen molar-refractivity contribution in [1.82, 2.24) is 10.2 Å². The topological polar surface area (TPSA) is 108 Å². The van der Waals surface area contributed by atoms with E-state index in [1.165, 1.54) is 47.2 Å². The van der Waals surface area contributed by atoms with Crippen molar-refractivity contribution in [3.05, 3.63) is 46.2 Å². The van der Waals surface area contributed by atoms with Crippen LogP contribution in [0.15, 0.2) is 40.0 Å². The van der Waals surface area contributed by atoms with Crippen LogP contribution in [-0.4, -0.2) is 57.8 Å². The Bertz CT molecular complexity index is 1140. The van der Waals surface area contributed by atoms with Crippen molar-refractivity contribution in [3.63, 3.8) is 0 Å². The maximum atomic E-state index is 13.7. The van der Waals surface area contributed by atoms with Crippen LogP contribution in [0.25, 0.3) is 10.1 Å². The highest BCUT2D eigenvalue weighted by Crippen LogP contribution is 2.40. The summed E-state index contributed by atoms with van der Waals surface area (Å²) in [5.41, 5.74) is 0.844. The van der Waals surface area contributed by atoms with E-state index in [4.69, 9.17) is 4.84 Å². The number of hydrogen-bond donors (Lipinski definition) is 2. The van der Waals surface area contributed by atoms with Gasteiger partial charge in [0.25, 0.3) is 11.8 Å². The second-order valence-electron chi connectivity index (χ2n) is 6.71. The SMILES string of the molecule is CON=C(C(=O)NC1C(=O)N2C(C(=O)O)=C(C)CS[C@H]12)c1csc2ccc(F)cc12. The zero-order valence-electron chi connectivity index (χ0n) is 15.8. The Morgan fingerprint density at radius 1 is 1.40 bits per heavy atom. The summed E-state index contributed by atoms with van der Waals surface area (Å²) in [5, 5.41) is 17.5. The molecule has 2 amide bonds. The number of aliphatic carboxylic acids is 1. The molecule has 2 N–H and O–H groups in total. The van der Waals surface area contributed by atoms with Gasteiger partial charge in [-0.05, 0) is 30.7 Å². The summed E-state index contributed by atoms with van der Waals surface area (Å²) in [6.45, 7) is 1.66. The number of carboxylic acids is 1. The molecule has 0 saturated carbocycles. The molecular weight excluding hydrogens is 433 g/mol. The van der Waals surface area contributed by atoms with Crippen molar-refractivity contribution < 1.29 is 28.7 Å². The van der Waals surface area contributed by atoms with Gasteiger partial charge in [0, 0.05) is 26.8 Å². The predicted octanol–water partition coefficient (Wildman–Crippen LogP) is 2.15. The Kier molecular flexibility index (Phi) is 5.24. The number of amides is 2. The number of rotatable bonds is 5. The fraction of sp³-hybridized carbons (Fsp3) is 0.263. The minimum atomic E-state index is -1.18. The van der Waals surface area contributed by atoms with Gasteiger partial charge < -0.3 is 15.3 Å². The van der Waals surface area contributed by atoms with Gasteiger partial charge in [-0.15, -0.1) is 23.1 Å². The van der Waals surface area contributed by atoms with E-state index in [2.05, 4.69) is 10.5 Å². The largest absolute Gasteiger partial charge is 0.477 e. The van der Waals surface area contributed by atoms with Gasteiger partial charge in [0.2, 0.25) is 0 Å². The van der Waals surface area contributed by atoms with Crippen molar-refractivity contribution in [2.45, 2.75) is 18.3 Å². The van der Waals surface area contributed by atoms with Gasteiger partial charge in [-0.25, -0.2) is 9.18 Å². The third kappa shape index (κ3) is 3.23. The molecule has 1 aromatic carbocycles. The molecule has 8 nitrogen and oxygen atoms in total. The first-order valence-corrected chi connectivity index (χ1v) is 10.7. The molecule has 0 spiro atoms. The first-order chi connectivity index (χ1) is 14.3. The predicted molar refractivity (Wildman–Crippen MR) is 111 cm³/mol. The highest BCUT2D eigenvalue weighted by molar-refractivity contribution is 8.00. The van der Waals surface area contributed by atoms with E-state index in [-0.39, 0.29) is 11.4 Å². The number of carbonyl (C=O) groups excluding carboxylic acids is 2. The van der Waals surface area contributed by atoms with Crippen LogP contribution in [0.4, 0.5) is 4.39 Å². The van der Waals surface area contributed by atoms with Crippen LogP contribution >= 0.6 is 23.1 Å². The van der Waals surface area contributed by atoms with E-state index in [1.54, 1.807) is 18.4 Å². The second kappa shape index (κ2) is 7.73. The summed E-state index contributed by atoms with van der Waals surface area (Å²) >= 11 is 2.70. The van der Waals surface area contributed by atoms with Crippen molar-refractivity contribution in [3.8, 4) is 0 Å². The van der Waals surface area contributed by atoms with Crippen LogP contribution in [0.1, 0.15) is 12.5 Å². The van der Waals surface area contributed by atoms with Crippen LogP contribution in [0.2, 0.25) is 0 Å². The lowest BCUT2D eigenvalue weighted by molar-refractivity contribution is -0.150. The third-order valence-electron chi connectivity index (χ3n) is 4.84. The quantitative estimate of drug-likeness (QED) is 0.411. The standard InChI is InChI=1S/C19H16FN3O5S2/c1-8-6-30-18-14(17(25)23(18)15(8)19(26)27)21-16(24)13(22-28-2)11-7-29-12-4-3-9(20)5-10(11)12/h3-5,7,14,18H,6H2,1-2H3,(H,21,24)(H,26,27)/t14?,18-/m1/s1. The Hall–Kier alpha value is -2.92. The Balaban J connectivity index is 1.60. The monoisotopic (exact) mass is 449 g/mol. The highest BCUT2D eigenvalue weighted by atomic mass is 32.2. The van der Waals surface area contributed by atoms with Crippen LogP contribution in [0.5, 0.6) is 0 Å². The minimum Gasteiger partial charge on any atom is -0.477 e. The number of carboxylic acid groups (broad SMARTS) is 1. The van der Waals surface area contributed by atoms with Crippen molar-refractivity contribution >= 4 is 56.7 Å². The number of carbonyl (C=O) groups is 3. The molecule has 156 valence electrons. The highest BCUT2D eigenvalue weighted by Gasteiger charge is 2.54. The molecule has 2 aliphatic heterocycles. The number of thiophene rings is 1. The fourth-order valence-electron chi connectivity index (χ4n) is 3.47. The molecule has 11 heteroatoms. The van der Waals surface area contributed by atoms with Gasteiger partial charge >= 0.3 is 5.97 Å². The van der Waals surface area contributed by atoms with Crippen LogP contribution in [0.3, 0.4) is 0 Å². The lowest BCUT2D eigenvalue weighted by Crippen LogP contribution is -2.71. The number of benzene rings is 1. The van der Waals surface area contributed by atoms with E-state index in [1.807, 2.05) is 0 Å². The Morgan fingerprint density at radius 3 is 2.87 bits per heavy atom. The number of hydrogen-bond acceptors (Lipinski definition) is 7. The summed E-state index contributed by atoms with van der Waals surface area (Å²) in [5.74, 6) is -2.36. The molecule has 4 rings (SSSR count). The van der Waals surface area contributed by atoms with Crippen molar-refractivity contribution in [2.75, 3.05) is 12.9 Å². The maximum Gasteiger partial charge on any atom is 0.352 e. The van der Waals surface area contributed by atoms with Gasteiger partial charge in [-0.2, -0.15) is 0 Å². The van der Waals surface area contributed by atoms with E-state index in [9.17, 15) is 23.9 Å². The zero-order chi connectivity index (χ0) is 21.6. The summed E-state index contributed by atoms with van der Waals surface area (Å²) < 4.78 is 14.5. The molecule has 0 bridgehead atoms. The number of oxime groups is 1. The molecule has 1 unspecified atom stereocenters. The molecule has 2 aromatic rings. The first-order valence-electron chi connectivity index (χ1n) is 8.80. The molecule has 30 heavy (non-hydrogen) atoms. The second-order valence-corrected chi connectivity index (χ2v) is 8.72. The van der Waals surface area contributed by atoms with E-state index >= 15 is 0 Å². The molecule has 1 aromatic heterocycles. The minimum absolute atomic E-state index is 0.0423. The number of halogens is 1. The smallest absolute Gasteiger partial charge is 0.352 e. The molecule has 3 heterocycles. The lowest BCUT2D eigenvalue weighted by Gasteiger charge is -2.49. The molecular formula is C19H16FN3O5S2. The van der Waals surface area contributed by atoms with E-state index in [0.29, 0.717) is 22.3 Å². The average Bonchev–Trinajstić information content (AvgIpc) is 3.12. The van der Waals surface area contributed by atoms with Crippen molar-refractivity contribution in [1.29, 1.82) is 0 Å². The molecule has 0 radical (unpaired) electrons. The van der Waals surface area contributed by atoms with Crippen LogP contribution < -0.4 is 5.32 Å². The fourth-order valence-corrected chi connectivity index (χ4v) is 5.69. The number of β-lactam (4-membered cyclic amide) rings is 1. The van der Waals surface area contributed by atoms with E-state index in [0.717, 1.165) is 4.70 Å². The number of thioether (sulfide) groups is 1. The molecule has 2 atom stereocenters. The Morgan fingerprint density at radius 2 is 2.17 bits per heavy atom. The van der Waals surface area contributed by atoms with Crippen molar-refractivity contribution in [2.24, 2.45) is 5.16 Å². The van der Waals surface area contributed by atoms with Gasteiger partial charge in [0.1, 0.15) is 30.0 Å². The van der Waals surface area contributed by atoms with Gasteiger partial charge in [0.05, 0.1) is 0 Å². The third-order valence-corrected chi connectivity index (χ3v) is 7.22. The summed E-state index contributed by atoms with van der Waals surface area (Å²) in [4.78, 5) is 43.1. The van der Waals surface area contributed by atoms with Gasteiger partial charge in [0.15, 0.2) is 5.71 Å². The number of nitrogens with zero attached hydrogens (tertiary/aromatic N) is 2.